The maximum absolute atomic E-state index is 12.6. The summed E-state index contributed by atoms with van der Waals surface area (Å²) >= 11 is 1.14. The predicted molar refractivity (Wildman–Crippen MR) is 127 cm³/mol. The van der Waals surface area contributed by atoms with Crippen LogP contribution in [0.1, 0.15) is 5.56 Å². The van der Waals surface area contributed by atoms with E-state index in [0.717, 1.165) is 16.9 Å². The van der Waals surface area contributed by atoms with Crippen LogP contribution in [0.15, 0.2) is 71.6 Å². The molecule has 0 saturated carbocycles. The number of fused-ring (bicyclic) bond motifs is 1. The third-order valence-corrected chi connectivity index (χ3v) is 6.92. The van der Waals surface area contributed by atoms with Crippen molar-refractivity contribution in [3.63, 3.8) is 0 Å². The van der Waals surface area contributed by atoms with Crippen LogP contribution in [-0.4, -0.2) is 26.5 Å². The first kappa shape index (κ1) is 21.6. The number of carbonyl (C=O) groups is 1. The molecule has 1 aromatic heterocycles. The van der Waals surface area contributed by atoms with Crippen LogP contribution in [0.2, 0.25) is 0 Å². The Labute approximate surface area is 189 Å². The first-order valence-electron chi connectivity index (χ1n) is 9.55. The topological polar surface area (TPSA) is 109 Å². The molecule has 0 aliphatic carbocycles. The van der Waals surface area contributed by atoms with Crippen LogP contribution in [0, 0.1) is 6.92 Å². The van der Waals surface area contributed by atoms with Gasteiger partial charge in [0.1, 0.15) is 11.3 Å². The number of rotatable bonds is 6. The van der Waals surface area contributed by atoms with Crippen molar-refractivity contribution in [2.24, 2.45) is 0 Å². The average Bonchev–Trinajstić information content (AvgIpc) is 3.17. The molecule has 164 valence electrons. The van der Waals surface area contributed by atoms with Crippen LogP contribution in [0.3, 0.4) is 0 Å². The first-order valence-corrected chi connectivity index (χ1v) is 11.8. The van der Waals surface area contributed by atoms with Crippen molar-refractivity contribution in [2.45, 2.75) is 11.8 Å². The molecule has 0 radical (unpaired) electrons. The fraction of sp³-hybridized carbons (Fsp3) is 0.0909. The zero-order chi connectivity index (χ0) is 22.7. The third kappa shape index (κ3) is 4.82. The largest absolute Gasteiger partial charge is 0.494 e. The van der Waals surface area contributed by atoms with Gasteiger partial charge in [-0.15, -0.1) is 0 Å². The van der Waals surface area contributed by atoms with Crippen LogP contribution in [0.4, 0.5) is 21.3 Å². The number of methoxy groups -OCH3 is 1. The first-order chi connectivity index (χ1) is 15.3. The molecule has 4 rings (SSSR count). The van der Waals surface area contributed by atoms with E-state index < -0.39 is 16.1 Å². The number of hydrogen-bond donors (Lipinski definition) is 3. The van der Waals surface area contributed by atoms with Gasteiger partial charge in [-0.1, -0.05) is 47.2 Å². The highest BCUT2D eigenvalue weighted by Gasteiger charge is 2.18. The van der Waals surface area contributed by atoms with Gasteiger partial charge in [0.2, 0.25) is 0 Å². The van der Waals surface area contributed by atoms with Gasteiger partial charge in [0.25, 0.3) is 10.0 Å². The van der Waals surface area contributed by atoms with Gasteiger partial charge in [0, 0.05) is 17.4 Å². The lowest BCUT2D eigenvalue weighted by molar-refractivity contribution is 0.262. The molecule has 3 aromatic carbocycles. The van der Waals surface area contributed by atoms with Crippen LogP contribution in [0.5, 0.6) is 5.75 Å². The SMILES string of the molecule is COc1cc(NC(=O)Nc2ccc(C)cc2)cc2sc(NS(=O)(=O)c3ccccc3)nc12. The van der Waals surface area contributed by atoms with Gasteiger partial charge in [0.15, 0.2) is 5.13 Å². The summed E-state index contributed by atoms with van der Waals surface area (Å²) in [7, 11) is -2.29. The molecule has 0 bridgehead atoms. The van der Waals surface area contributed by atoms with Crippen molar-refractivity contribution in [1.82, 2.24) is 4.98 Å². The van der Waals surface area contributed by atoms with E-state index in [1.165, 1.54) is 19.2 Å². The molecule has 8 nitrogen and oxygen atoms in total. The van der Waals surface area contributed by atoms with E-state index in [1.807, 2.05) is 31.2 Å². The highest BCUT2D eigenvalue weighted by molar-refractivity contribution is 7.93. The van der Waals surface area contributed by atoms with Crippen molar-refractivity contribution in [3.8, 4) is 5.75 Å². The van der Waals surface area contributed by atoms with Crippen molar-refractivity contribution in [1.29, 1.82) is 0 Å². The second-order valence-electron chi connectivity index (χ2n) is 6.91. The minimum absolute atomic E-state index is 0.140. The standard InChI is InChI=1S/C22H20N4O4S2/c1-14-8-10-15(11-9-14)23-21(27)24-16-12-18(30-2)20-19(13-16)31-22(25-20)26-32(28,29)17-6-4-3-5-7-17/h3-13H,1-2H3,(H,25,26)(H2,23,24,27). The number of aromatic nitrogens is 1. The minimum Gasteiger partial charge on any atom is -0.494 e. The molecule has 0 saturated heterocycles. The van der Waals surface area contributed by atoms with Crippen molar-refractivity contribution < 1.29 is 17.9 Å². The Bertz CT molecular complexity index is 1370. The molecule has 32 heavy (non-hydrogen) atoms. The molecule has 4 aromatic rings. The van der Waals surface area contributed by atoms with Gasteiger partial charge in [-0.05, 0) is 37.3 Å². The summed E-state index contributed by atoms with van der Waals surface area (Å²) in [6, 6.07) is 18.4. The Morgan fingerprint density at radius 2 is 1.66 bits per heavy atom. The molecule has 0 spiro atoms. The Morgan fingerprint density at radius 3 is 2.34 bits per heavy atom. The summed E-state index contributed by atoms with van der Waals surface area (Å²) in [5.74, 6) is 0.412. The molecular weight excluding hydrogens is 448 g/mol. The van der Waals surface area contributed by atoms with E-state index in [-0.39, 0.29) is 10.0 Å². The van der Waals surface area contributed by atoms with Crippen molar-refractivity contribution in [3.05, 3.63) is 72.3 Å². The van der Waals surface area contributed by atoms with Gasteiger partial charge < -0.3 is 15.4 Å². The summed E-state index contributed by atoms with van der Waals surface area (Å²) in [5, 5.41) is 5.73. The van der Waals surface area contributed by atoms with Gasteiger partial charge in [-0.25, -0.2) is 18.2 Å². The monoisotopic (exact) mass is 468 g/mol. The highest BCUT2D eigenvalue weighted by atomic mass is 32.2. The number of amides is 2. The van der Waals surface area contributed by atoms with E-state index in [1.54, 1.807) is 30.3 Å². The number of aryl methyl sites for hydroxylation is 1. The number of sulfonamides is 1. The second kappa shape index (κ2) is 8.85. The Morgan fingerprint density at radius 1 is 0.969 bits per heavy atom. The van der Waals surface area contributed by atoms with E-state index in [2.05, 4.69) is 20.3 Å². The smallest absolute Gasteiger partial charge is 0.323 e. The second-order valence-corrected chi connectivity index (χ2v) is 9.62. The fourth-order valence-electron chi connectivity index (χ4n) is 2.97. The van der Waals surface area contributed by atoms with E-state index in [9.17, 15) is 13.2 Å². The molecule has 0 atom stereocenters. The lowest BCUT2D eigenvalue weighted by Crippen LogP contribution is -2.19. The zero-order valence-corrected chi connectivity index (χ0v) is 18.9. The number of carbonyl (C=O) groups excluding carboxylic acids is 1. The molecule has 10 heteroatoms. The molecule has 0 unspecified atom stereocenters. The van der Waals surface area contributed by atoms with E-state index in [4.69, 9.17) is 4.74 Å². The maximum atomic E-state index is 12.6. The maximum Gasteiger partial charge on any atom is 0.323 e. The van der Waals surface area contributed by atoms with Crippen molar-refractivity contribution in [2.75, 3.05) is 22.5 Å². The molecular formula is C22H20N4O4S2. The molecule has 1 heterocycles. The minimum atomic E-state index is -3.77. The molecule has 0 aliphatic heterocycles. The quantitative estimate of drug-likeness (QED) is 0.366. The summed E-state index contributed by atoms with van der Waals surface area (Å²) < 4.78 is 33.8. The summed E-state index contributed by atoms with van der Waals surface area (Å²) in [6.45, 7) is 1.97. The number of nitrogens with zero attached hydrogens (tertiary/aromatic N) is 1. The van der Waals surface area contributed by atoms with Gasteiger partial charge >= 0.3 is 6.03 Å². The normalized spacial score (nSPS) is 11.2. The van der Waals surface area contributed by atoms with E-state index >= 15 is 0 Å². The lowest BCUT2D eigenvalue weighted by Gasteiger charge is -2.09. The van der Waals surface area contributed by atoms with Crippen LogP contribution < -0.4 is 20.1 Å². The molecule has 2 amide bonds. The van der Waals surface area contributed by atoms with Gasteiger partial charge in [-0.2, -0.15) is 0 Å². The summed E-state index contributed by atoms with van der Waals surface area (Å²) in [6.07, 6.45) is 0. The number of benzene rings is 3. The number of anilines is 3. The fourth-order valence-corrected chi connectivity index (χ4v) is 5.15. The number of ether oxygens (including phenoxy) is 1. The van der Waals surface area contributed by atoms with Crippen LogP contribution >= 0.6 is 11.3 Å². The summed E-state index contributed by atoms with van der Waals surface area (Å²) in [5.41, 5.74) is 2.74. The number of urea groups is 1. The van der Waals surface area contributed by atoms with Gasteiger partial charge in [-0.3, -0.25) is 4.72 Å². The zero-order valence-electron chi connectivity index (χ0n) is 17.2. The Hall–Kier alpha value is -3.63. The third-order valence-electron chi connectivity index (χ3n) is 4.52. The predicted octanol–water partition coefficient (Wildman–Crippen LogP) is 5.06. The van der Waals surface area contributed by atoms with Gasteiger partial charge in [0.05, 0.1) is 16.7 Å². The molecule has 0 fully saturated rings. The number of hydrogen-bond acceptors (Lipinski definition) is 6. The number of thiazole rings is 1. The Balaban J connectivity index is 1.57. The highest BCUT2D eigenvalue weighted by Crippen LogP contribution is 2.36. The van der Waals surface area contributed by atoms with Crippen molar-refractivity contribution >= 4 is 54.1 Å². The number of nitrogens with one attached hydrogen (secondary N) is 3. The molecule has 3 N–H and O–H groups in total. The lowest BCUT2D eigenvalue weighted by atomic mass is 10.2. The molecule has 0 aliphatic rings. The van der Waals surface area contributed by atoms with E-state index in [0.29, 0.717) is 27.3 Å². The summed E-state index contributed by atoms with van der Waals surface area (Å²) in [4.78, 5) is 16.9. The van der Waals surface area contributed by atoms with Crippen LogP contribution in [-0.2, 0) is 10.0 Å². The average molecular weight is 469 g/mol. The van der Waals surface area contributed by atoms with Crippen LogP contribution in [0.25, 0.3) is 10.2 Å². The Kier molecular flexibility index (Phi) is 5.97.